The molecule has 6 heteroatoms. The van der Waals surface area contributed by atoms with E-state index in [1.165, 1.54) is 17.3 Å². The van der Waals surface area contributed by atoms with Crippen LogP contribution in [0.3, 0.4) is 0 Å². The Bertz CT molecular complexity index is 674. The monoisotopic (exact) mass is 254 g/mol. The van der Waals surface area contributed by atoms with E-state index in [1.54, 1.807) is 6.08 Å². The highest BCUT2D eigenvalue weighted by Crippen LogP contribution is 2.27. The van der Waals surface area contributed by atoms with Crippen molar-refractivity contribution in [3.05, 3.63) is 54.1 Å². The molecule has 3 rings (SSSR count). The molecule has 1 aromatic carbocycles. The Morgan fingerprint density at radius 1 is 1.16 bits per heavy atom. The molecule has 0 saturated carbocycles. The Kier molecular flexibility index (Phi) is 2.68. The maximum absolute atomic E-state index is 12.1. The zero-order chi connectivity index (χ0) is 13.2. The topological polar surface area (TPSA) is 76.9 Å². The SMILES string of the molecule is O=C(Nn1cnnc1)C(=O)C1=CCc2ccccc21. The molecule has 0 atom stereocenters. The highest BCUT2D eigenvalue weighted by molar-refractivity contribution is 6.55. The van der Waals surface area contributed by atoms with Gasteiger partial charge in [0.2, 0.25) is 0 Å². The van der Waals surface area contributed by atoms with Crippen LogP contribution < -0.4 is 5.43 Å². The molecule has 1 aromatic heterocycles. The summed E-state index contributed by atoms with van der Waals surface area (Å²) in [6.45, 7) is 0. The van der Waals surface area contributed by atoms with Gasteiger partial charge in [0.05, 0.1) is 0 Å². The van der Waals surface area contributed by atoms with Gasteiger partial charge in [-0.1, -0.05) is 30.3 Å². The summed E-state index contributed by atoms with van der Waals surface area (Å²) in [7, 11) is 0. The maximum Gasteiger partial charge on any atom is 0.311 e. The summed E-state index contributed by atoms with van der Waals surface area (Å²) < 4.78 is 1.24. The second-order valence-corrected chi connectivity index (χ2v) is 4.12. The van der Waals surface area contributed by atoms with E-state index < -0.39 is 11.7 Å². The number of allylic oxidation sites excluding steroid dienone is 1. The summed E-state index contributed by atoms with van der Waals surface area (Å²) in [4.78, 5) is 23.9. The van der Waals surface area contributed by atoms with Gasteiger partial charge < -0.3 is 0 Å². The number of nitrogens with one attached hydrogen (secondary N) is 1. The van der Waals surface area contributed by atoms with Crippen molar-refractivity contribution in [3.8, 4) is 0 Å². The van der Waals surface area contributed by atoms with E-state index in [2.05, 4.69) is 15.6 Å². The van der Waals surface area contributed by atoms with Crippen LogP contribution in [0.2, 0.25) is 0 Å². The summed E-state index contributed by atoms with van der Waals surface area (Å²) in [5.74, 6) is -1.26. The lowest BCUT2D eigenvalue weighted by atomic mass is 10.0. The van der Waals surface area contributed by atoms with Crippen molar-refractivity contribution in [1.82, 2.24) is 14.9 Å². The molecule has 0 aliphatic heterocycles. The third-order valence-corrected chi connectivity index (χ3v) is 2.93. The maximum atomic E-state index is 12.1. The number of amides is 1. The minimum atomic E-state index is -0.706. The number of ketones is 1. The third-order valence-electron chi connectivity index (χ3n) is 2.93. The van der Waals surface area contributed by atoms with Crippen LogP contribution in [0.25, 0.3) is 5.57 Å². The summed E-state index contributed by atoms with van der Waals surface area (Å²) in [5, 5.41) is 7.08. The van der Waals surface area contributed by atoms with Crippen LogP contribution in [0.15, 0.2) is 43.0 Å². The Labute approximate surface area is 108 Å². The van der Waals surface area contributed by atoms with Crippen molar-refractivity contribution in [2.45, 2.75) is 6.42 Å². The van der Waals surface area contributed by atoms with E-state index in [0.29, 0.717) is 12.0 Å². The number of benzene rings is 1. The largest absolute Gasteiger partial charge is 0.311 e. The van der Waals surface area contributed by atoms with Gasteiger partial charge in [0, 0.05) is 5.57 Å². The first-order valence-electron chi connectivity index (χ1n) is 5.74. The summed E-state index contributed by atoms with van der Waals surface area (Å²) >= 11 is 0. The standard InChI is InChI=1S/C13H10N4O2/c18-12(13(19)16-17-7-14-15-8-17)11-6-5-9-3-1-2-4-10(9)11/h1-4,6-8H,5H2,(H,16,19). The van der Waals surface area contributed by atoms with Crippen LogP contribution in [0.4, 0.5) is 0 Å². The fourth-order valence-electron chi connectivity index (χ4n) is 2.05. The highest BCUT2D eigenvalue weighted by Gasteiger charge is 2.25. The average molecular weight is 254 g/mol. The van der Waals surface area contributed by atoms with Crippen LogP contribution in [0.5, 0.6) is 0 Å². The normalized spacial score (nSPS) is 12.7. The number of nitrogens with zero attached hydrogens (tertiary/aromatic N) is 3. The molecule has 0 radical (unpaired) electrons. The second kappa shape index (κ2) is 4.49. The lowest BCUT2D eigenvalue weighted by molar-refractivity contribution is -0.132. The average Bonchev–Trinajstić information content (AvgIpc) is 3.06. The van der Waals surface area contributed by atoms with Crippen molar-refractivity contribution in [2.75, 3.05) is 5.43 Å². The van der Waals surface area contributed by atoms with Crippen LogP contribution in [0, 0.1) is 0 Å². The number of carbonyl (C=O) groups is 2. The predicted octanol–water partition coefficient (Wildman–Crippen LogP) is 0.557. The summed E-state index contributed by atoms with van der Waals surface area (Å²) in [6.07, 6.45) is 5.07. The molecule has 1 aliphatic rings. The van der Waals surface area contributed by atoms with E-state index in [-0.39, 0.29) is 0 Å². The third kappa shape index (κ3) is 2.03. The molecule has 0 spiro atoms. The molecule has 1 aliphatic carbocycles. The molecule has 0 bridgehead atoms. The zero-order valence-electron chi connectivity index (χ0n) is 9.91. The first kappa shape index (κ1) is 11.3. The van der Waals surface area contributed by atoms with E-state index in [9.17, 15) is 9.59 Å². The predicted molar refractivity (Wildman–Crippen MR) is 67.5 cm³/mol. The first-order chi connectivity index (χ1) is 9.25. The molecule has 2 aromatic rings. The Morgan fingerprint density at radius 2 is 1.89 bits per heavy atom. The van der Waals surface area contributed by atoms with Crippen LogP contribution >= 0.6 is 0 Å². The van der Waals surface area contributed by atoms with Crippen LogP contribution in [-0.2, 0) is 16.0 Å². The van der Waals surface area contributed by atoms with E-state index in [1.807, 2.05) is 24.3 Å². The van der Waals surface area contributed by atoms with Gasteiger partial charge >= 0.3 is 5.91 Å². The van der Waals surface area contributed by atoms with Crippen LogP contribution in [-0.4, -0.2) is 26.6 Å². The molecule has 1 N–H and O–H groups in total. The van der Waals surface area contributed by atoms with Gasteiger partial charge in [0.1, 0.15) is 12.7 Å². The van der Waals surface area contributed by atoms with E-state index in [0.717, 1.165) is 11.1 Å². The zero-order valence-corrected chi connectivity index (χ0v) is 9.91. The van der Waals surface area contributed by atoms with Crippen molar-refractivity contribution in [1.29, 1.82) is 0 Å². The van der Waals surface area contributed by atoms with Gasteiger partial charge in [-0.25, -0.2) is 4.68 Å². The Balaban J connectivity index is 1.80. The Morgan fingerprint density at radius 3 is 2.68 bits per heavy atom. The molecule has 0 saturated heterocycles. The fraction of sp³-hybridized carbons (Fsp3) is 0.0769. The van der Waals surface area contributed by atoms with Gasteiger partial charge in [-0.2, -0.15) is 0 Å². The smallest absolute Gasteiger partial charge is 0.283 e. The number of carbonyl (C=O) groups excluding carboxylic acids is 2. The van der Waals surface area contributed by atoms with Gasteiger partial charge in [0.25, 0.3) is 5.78 Å². The molecule has 94 valence electrons. The number of hydrogen-bond donors (Lipinski definition) is 1. The van der Waals surface area contributed by atoms with Gasteiger partial charge in [-0.15, -0.1) is 10.2 Å². The number of fused-ring (bicyclic) bond motifs is 1. The molecular formula is C13H10N4O2. The summed E-state index contributed by atoms with van der Waals surface area (Å²) in [6, 6.07) is 7.56. The van der Waals surface area contributed by atoms with Gasteiger partial charge in [-0.3, -0.25) is 15.0 Å². The summed E-state index contributed by atoms with van der Waals surface area (Å²) in [5.41, 5.74) is 4.72. The number of aromatic nitrogens is 3. The molecular weight excluding hydrogens is 244 g/mol. The van der Waals surface area contributed by atoms with E-state index >= 15 is 0 Å². The fourth-order valence-corrected chi connectivity index (χ4v) is 2.05. The quantitative estimate of drug-likeness (QED) is 0.812. The minimum Gasteiger partial charge on any atom is -0.283 e. The van der Waals surface area contributed by atoms with Crippen LogP contribution in [0.1, 0.15) is 11.1 Å². The van der Waals surface area contributed by atoms with E-state index in [4.69, 9.17) is 0 Å². The molecule has 0 unspecified atom stereocenters. The van der Waals surface area contributed by atoms with Crippen molar-refractivity contribution in [2.24, 2.45) is 0 Å². The lowest BCUT2D eigenvalue weighted by Crippen LogP contribution is -2.29. The van der Waals surface area contributed by atoms with Gasteiger partial charge in [0.15, 0.2) is 0 Å². The van der Waals surface area contributed by atoms with Crippen molar-refractivity contribution in [3.63, 3.8) is 0 Å². The molecule has 1 heterocycles. The lowest BCUT2D eigenvalue weighted by Gasteiger charge is -2.06. The number of rotatable bonds is 3. The van der Waals surface area contributed by atoms with Gasteiger partial charge in [-0.05, 0) is 17.5 Å². The molecule has 0 fully saturated rings. The second-order valence-electron chi connectivity index (χ2n) is 4.12. The Hall–Kier alpha value is -2.76. The number of hydrogen-bond acceptors (Lipinski definition) is 4. The first-order valence-corrected chi connectivity index (χ1v) is 5.74. The molecule has 1 amide bonds. The van der Waals surface area contributed by atoms with Crippen molar-refractivity contribution < 1.29 is 9.59 Å². The minimum absolute atomic E-state index is 0.446. The van der Waals surface area contributed by atoms with Crippen molar-refractivity contribution >= 4 is 17.3 Å². The molecule has 19 heavy (non-hydrogen) atoms. The molecule has 6 nitrogen and oxygen atoms in total. The highest BCUT2D eigenvalue weighted by atomic mass is 16.2. The number of Topliss-reactive ketones (excluding diaryl/α,β-unsaturated/α-hetero) is 1.